The average molecular weight is 776 g/mol. The molecular formula is C30H32ClN10O9S2+. The summed E-state index contributed by atoms with van der Waals surface area (Å²) >= 11 is 8.31. The molecule has 5 rings (SSSR count). The summed E-state index contributed by atoms with van der Waals surface area (Å²) in [7, 11) is 0. The van der Waals surface area contributed by atoms with Gasteiger partial charge < -0.3 is 52.7 Å². The second kappa shape index (κ2) is 15.6. The maximum absolute atomic E-state index is 13.4. The molecule has 1 saturated heterocycles. The van der Waals surface area contributed by atoms with Crippen LogP contribution in [-0.2, 0) is 25.8 Å². The molecule has 2 aromatic heterocycles. The summed E-state index contributed by atoms with van der Waals surface area (Å²) in [5, 5.41) is 50.1. The number of halogens is 1. The van der Waals surface area contributed by atoms with Gasteiger partial charge in [0.1, 0.15) is 51.3 Å². The van der Waals surface area contributed by atoms with Crippen molar-refractivity contribution in [3.8, 4) is 11.5 Å². The van der Waals surface area contributed by atoms with Crippen LogP contribution in [0.2, 0.25) is 4.34 Å². The van der Waals surface area contributed by atoms with Crippen molar-refractivity contribution in [3.63, 3.8) is 0 Å². The molecule has 52 heavy (non-hydrogen) atoms. The zero-order valence-corrected chi connectivity index (χ0v) is 29.5. The smallest absolute Gasteiger partial charge is 0.352 e. The van der Waals surface area contributed by atoms with E-state index < -0.39 is 52.7 Å². The van der Waals surface area contributed by atoms with Crippen molar-refractivity contribution in [2.45, 2.75) is 31.0 Å². The van der Waals surface area contributed by atoms with Gasteiger partial charge in [0.2, 0.25) is 0 Å². The molecule has 3 atom stereocenters. The van der Waals surface area contributed by atoms with Crippen LogP contribution in [-0.4, -0.2) is 101 Å². The first-order valence-corrected chi connectivity index (χ1v) is 17.3. The Hall–Kier alpha value is -5.80. The number of carbonyl (C=O) groups is 4. The quantitative estimate of drug-likeness (QED) is 0.0205. The van der Waals surface area contributed by atoms with Gasteiger partial charge in [-0.3, -0.25) is 19.3 Å². The van der Waals surface area contributed by atoms with Gasteiger partial charge in [0.05, 0.1) is 0 Å². The van der Waals surface area contributed by atoms with E-state index in [9.17, 15) is 39.6 Å². The number of thioether (sulfide) groups is 1. The van der Waals surface area contributed by atoms with Crippen LogP contribution >= 0.6 is 34.7 Å². The zero-order chi connectivity index (χ0) is 37.9. The highest BCUT2D eigenvalue weighted by atomic mass is 35.5. The van der Waals surface area contributed by atoms with Crippen molar-refractivity contribution in [2.75, 3.05) is 35.6 Å². The van der Waals surface area contributed by atoms with Gasteiger partial charge in [-0.15, -0.1) is 11.8 Å². The molecule has 3 aromatic rings. The summed E-state index contributed by atoms with van der Waals surface area (Å²) < 4.78 is 1.60. The molecule has 0 bridgehead atoms. The summed E-state index contributed by atoms with van der Waals surface area (Å²) in [5.41, 5.74) is 11.9. The summed E-state index contributed by atoms with van der Waals surface area (Å²) in [6.07, 6.45) is 1.99. The summed E-state index contributed by atoms with van der Waals surface area (Å²) in [6, 6.07) is 2.55. The van der Waals surface area contributed by atoms with Crippen LogP contribution in [0.25, 0.3) is 0 Å². The van der Waals surface area contributed by atoms with Crippen molar-refractivity contribution in [1.29, 1.82) is 0 Å². The monoisotopic (exact) mass is 775 g/mol. The number of carbonyl (C=O) groups excluding carboxylic acids is 3. The fourth-order valence-corrected chi connectivity index (χ4v) is 7.18. The van der Waals surface area contributed by atoms with Crippen molar-refractivity contribution < 1.29 is 49.0 Å². The third kappa shape index (κ3) is 8.05. The maximum atomic E-state index is 13.4. The Bertz CT molecular complexity index is 2020. The van der Waals surface area contributed by atoms with Crippen LogP contribution in [0.15, 0.2) is 59.5 Å². The van der Waals surface area contributed by atoms with Crippen LogP contribution in [0.1, 0.15) is 23.0 Å². The van der Waals surface area contributed by atoms with Gasteiger partial charge in [0.15, 0.2) is 28.4 Å². The van der Waals surface area contributed by atoms with Crippen LogP contribution in [0, 0.1) is 0 Å². The third-order valence-corrected chi connectivity index (χ3v) is 10.0. The fraction of sp³-hybridized carbons (Fsp3) is 0.267. The van der Waals surface area contributed by atoms with Gasteiger partial charge in [-0.05, 0) is 30.1 Å². The number of aliphatic hydroxyl groups excluding tert-OH is 1. The predicted octanol–water partition coefficient (Wildman–Crippen LogP) is 0.516. The van der Waals surface area contributed by atoms with Crippen molar-refractivity contribution in [1.82, 2.24) is 25.5 Å². The van der Waals surface area contributed by atoms with E-state index in [0.29, 0.717) is 11.3 Å². The van der Waals surface area contributed by atoms with E-state index >= 15 is 0 Å². The molecule has 0 radical (unpaired) electrons. The van der Waals surface area contributed by atoms with Gasteiger partial charge in [0, 0.05) is 30.0 Å². The van der Waals surface area contributed by atoms with Crippen LogP contribution in [0.3, 0.4) is 0 Å². The Kier molecular flexibility index (Phi) is 11.2. The second-order valence-corrected chi connectivity index (χ2v) is 13.9. The van der Waals surface area contributed by atoms with E-state index in [1.165, 1.54) is 37.1 Å². The SMILES string of the molecule is C=C(O)[C@H](C)O/N=C(\C(=O)N[C@@H]1C(=O)N2C(C(=O)O)=C(C[n+]3cnc(N)c(NCCNC(=O)c4ccc(O)c(O)c4)c3)CSC12)c1nc(N)sc1Cl. The Labute approximate surface area is 307 Å². The number of phenols is 2. The second-order valence-electron chi connectivity index (χ2n) is 11.2. The number of benzene rings is 1. The number of aliphatic hydroxyl groups is 1. The molecule has 3 amide bonds. The van der Waals surface area contributed by atoms with Crippen molar-refractivity contribution in [2.24, 2.45) is 5.16 Å². The lowest BCUT2D eigenvalue weighted by atomic mass is 10.0. The number of β-lactam (4-membered cyclic amide) rings is 1. The number of amides is 3. The van der Waals surface area contributed by atoms with E-state index in [2.05, 4.69) is 37.7 Å². The van der Waals surface area contributed by atoms with Crippen molar-refractivity contribution in [3.05, 3.63) is 69.9 Å². The average Bonchev–Trinajstić information content (AvgIpc) is 3.44. The van der Waals surface area contributed by atoms with Gasteiger partial charge in [-0.25, -0.2) is 14.3 Å². The minimum absolute atomic E-state index is 0.0205. The van der Waals surface area contributed by atoms with Gasteiger partial charge in [-0.2, -0.15) is 0 Å². The minimum Gasteiger partial charge on any atom is -0.509 e. The van der Waals surface area contributed by atoms with Crippen LogP contribution < -0.4 is 32.0 Å². The predicted molar refractivity (Wildman–Crippen MR) is 190 cm³/mol. The Morgan fingerprint density at radius 2 is 1.98 bits per heavy atom. The number of rotatable bonds is 14. The highest BCUT2D eigenvalue weighted by Crippen LogP contribution is 2.40. The fourth-order valence-electron chi connectivity index (χ4n) is 4.92. The Morgan fingerprint density at radius 1 is 1.23 bits per heavy atom. The molecule has 0 aliphatic carbocycles. The number of hydrogen-bond acceptors (Lipinski definition) is 16. The largest absolute Gasteiger partial charge is 0.509 e. The summed E-state index contributed by atoms with van der Waals surface area (Å²) in [6.45, 7) is 5.17. The number of fused-ring (bicyclic) bond motifs is 1. The van der Waals surface area contributed by atoms with Gasteiger partial charge >= 0.3 is 5.97 Å². The molecule has 0 saturated carbocycles. The standard InChI is InChI=1S/C30H31ClN10O9S2/c1-12(42)13(2)50-39-20(19-23(31)52-30(33)38-19)26(46)37-21-27(47)41-22(29(48)49)15(10-51-28(21)41)8-40-9-16(24(32)36-11-40)34-5-6-35-25(45)14-3-4-17(43)18(44)7-14/h3-4,7,9,11,13,21,28,32,34H,1,5-6,8,10H2,2H3,(H8,33,35,37,38,39,42,43,44,45,46,48,49)/p+1/t13-,21+,28?/m0/s1. The lowest BCUT2D eigenvalue weighted by Crippen LogP contribution is -2.71. The molecule has 0 spiro atoms. The zero-order valence-electron chi connectivity index (χ0n) is 27.1. The lowest BCUT2D eigenvalue weighted by Gasteiger charge is -2.49. The summed E-state index contributed by atoms with van der Waals surface area (Å²) in [4.78, 5) is 66.1. The molecule has 22 heteroatoms. The molecule has 1 aromatic carbocycles. The molecule has 274 valence electrons. The molecule has 2 aliphatic heterocycles. The first kappa shape index (κ1) is 37.5. The molecule has 2 aliphatic rings. The third-order valence-electron chi connectivity index (χ3n) is 7.60. The number of phenolic OH excluding ortho intramolecular Hbond substituents is 2. The van der Waals surface area contributed by atoms with E-state index in [1.807, 2.05) is 0 Å². The number of nitrogens with one attached hydrogen (secondary N) is 3. The number of aromatic nitrogens is 3. The molecular weight excluding hydrogens is 744 g/mol. The first-order valence-electron chi connectivity index (χ1n) is 15.1. The number of carboxylic acid groups (broad SMARTS) is 1. The number of aromatic hydroxyl groups is 2. The molecule has 11 N–H and O–H groups in total. The van der Waals surface area contributed by atoms with Gasteiger partial charge in [0.25, 0.3) is 29.9 Å². The van der Waals surface area contributed by atoms with Gasteiger partial charge in [-0.1, -0.05) is 34.7 Å². The molecule has 4 heterocycles. The normalized spacial score (nSPS) is 17.5. The number of nitrogens with two attached hydrogens (primary N) is 2. The number of oxime groups is 1. The number of hydrogen-bond donors (Lipinski definition) is 9. The van der Waals surface area contributed by atoms with Crippen LogP contribution in [0.4, 0.5) is 16.6 Å². The Morgan fingerprint density at radius 3 is 2.63 bits per heavy atom. The molecule has 19 nitrogen and oxygen atoms in total. The van der Waals surface area contributed by atoms with Crippen molar-refractivity contribution >= 4 is 80.7 Å². The Balaban J connectivity index is 1.25. The highest BCUT2D eigenvalue weighted by molar-refractivity contribution is 8.00. The summed E-state index contributed by atoms with van der Waals surface area (Å²) in [5.74, 6) is -4.25. The van der Waals surface area contributed by atoms with E-state index in [4.69, 9.17) is 27.9 Å². The molecule has 1 fully saturated rings. The lowest BCUT2D eigenvalue weighted by molar-refractivity contribution is -0.691. The van der Waals surface area contributed by atoms with E-state index in [1.54, 1.807) is 10.8 Å². The number of nitrogen functional groups attached to an aromatic ring is 2. The maximum Gasteiger partial charge on any atom is 0.352 e. The number of anilines is 3. The van der Waals surface area contributed by atoms with E-state index in [0.717, 1.165) is 22.3 Å². The highest BCUT2D eigenvalue weighted by Gasteiger charge is 2.54. The number of nitrogens with zero attached hydrogens (tertiary/aromatic N) is 5. The number of thiazole rings is 1. The van der Waals surface area contributed by atoms with Crippen LogP contribution in [0.5, 0.6) is 11.5 Å². The minimum atomic E-state index is -1.35. The number of carboxylic acids is 1. The first-order chi connectivity index (χ1) is 24.7. The van der Waals surface area contributed by atoms with E-state index in [-0.39, 0.29) is 69.1 Å². The number of aliphatic carboxylic acids is 1. The topological polar surface area (TPSA) is 292 Å². The molecule has 1 unspecified atom stereocenters.